The van der Waals surface area contributed by atoms with Crippen molar-refractivity contribution in [2.75, 3.05) is 13.6 Å². The number of aromatic nitrogens is 2. The maximum absolute atomic E-state index is 5.82. The molecule has 1 N–H and O–H groups in total. The van der Waals surface area contributed by atoms with E-state index in [2.05, 4.69) is 15.5 Å². The molecular weight excluding hydrogens is 218 g/mol. The van der Waals surface area contributed by atoms with Crippen LogP contribution in [0.4, 0.5) is 0 Å². The lowest BCUT2D eigenvalue weighted by atomic mass is 9.89. The maximum atomic E-state index is 5.82. The molecule has 1 aromatic rings. The van der Waals surface area contributed by atoms with E-state index < -0.39 is 0 Å². The van der Waals surface area contributed by atoms with Crippen LogP contribution in [0.1, 0.15) is 43.3 Å². The first-order valence-corrected chi connectivity index (χ1v) is 6.49. The van der Waals surface area contributed by atoms with E-state index >= 15 is 0 Å². The molecule has 3 atom stereocenters. The lowest BCUT2D eigenvalue weighted by Gasteiger charge is -2.13. The van der Waals surface area contributed by atoms with Gasteiger partial charge in [0.2, 0.25) is 5.89 Å². The van der Waals surface area contributed by atoms with E-state index in [-0.39, 0.29) is 0 Å². The first kappa shape index (κ1) is 11.2. The molecule has 2 aliphatic heterocycles. The van der Waals surface area contributed by atoms with Crippen LogP contribution in [-0.4, -0.2) is 35.9 Å². The van der Waals surface area contributed by atoms with Crippen LogP contribution < -0.4 is 5.32 Å². The van der Waals surface area contributed by atoms with Crippen molar-refractivity contribution < 1.29 is 9.26 Å². The molecule has 3 rings (SSSR count). The number of ether oxygens (including phenoxy) is 1. The summed E-state index contributed by atoms with van der Waals surface area (Å²) in [6.07, 6.45) is 6.09. The van der Waals surface area contributed by atoms with Gasteiger partial charge in [-0.3, -0.25) is 0 Å². The van der Waals surface area contributed by atoms with Crippen LogP contribution in [0, 0.1) is 0 Å². The van der Waals surface area contributed by atoms with Gasteiger partial charge in [0.1, 0.15) is 0 Å². The van der Waals surface area contributed by atoms with Crippen molar-refractivity contribution in [1.29, 1.82) is 0 Å². The molecular formula is C12H19N3O2. The van der Waals surface area contributed by atoms with Crippen LogP contribution in [0.3, 0.4) is 0 Å². The summed E-state index contributed by atoms with van der Waals surface area (Å²) in [5.74, 6) is 1.99. The molecule has 3 heterocycles. The van der Waals surface area contributed by atoms with E-state index in [4.69, 9.17) is 9.26 Å². The smallest absolute Gasteiger partial charge is 0.226 e. The molecule has 0 aromatic carbocycles. The largest absolute Gasteiger partial charge is 0.374 e. The molecule has 0 spiro atoms. The molecule has 2 fully saturated rings. The summed E-state index contributed by atoms with van der Waals surface area (Å²) in [5, 5.41) is 7.22. The molecule has 5 nitrogen and oxygen atoms in total. The Morgan fingerprint density at radius 2 is 2.35 bits per heavy atom. The summed E-state index contributed by atoms with van der Waals surface area (Å²) in [5.41, 5.74) is 0. The van der Waals surface area contributed by atoms with Crippen molar-refractivity contribution in [1.82, 2.24) is 15.5 Å². The van der Waals surface area contributed by atoms with Crippen molar-refractivity contribution in [2.45, 2.75) is 50.2 Å². The molecule has 0 aliphatic carbocycles. The van der Waals surface area contributed by atoms with Crippen molar-refractivity contribution in [3.05, 3.63) is 11.7 Å². The number of nitrogens with zero attached hydrogens (tertiary/aromatic N) is 2. The molecule has 0 saturated carbocycles. The number of hydrogen-bond donors (Lipinski definition) is 1. The molecule has 2 aliphatic rings. The average molecular weight is 237 g/mol. The Morgan fingerprint density at radius 3 is 3.06 bits per heavy atom. The van der Waals surface area contributed by atoms with Crippen molar-refractivity contribution in [3.8, 4) is 0 Å². The Labute approximate surface area is 101 Å². The fourth-order valence-corrected chi connectivity index (χ4v) is 2.85. The van der Waals surface area contributed by atoms with Gasteiger partial charge in [-0.25, -0.2) is 0 Å². The van der Waals surface area contributed by atoms with E-state index in [1.165, 1.54) is 6.42 Å². The Bertz CT molecular complexity index is 380. The zero-order chi connectivity index (χ0) is 11.7. The van der Waals surface area contributed by atoms with E-state index in [9.17, 15) is 0 Å². The standard InChI is InChI=1S/C12H19N3O2/c1-13-6-2-3-11-14-12(15-17-11)9-7-8-4-5-10(9)16-8/h8-10,13H,2-7H2,1H3. The minimum absolute atomic E-state index is 0.336. The van der Waals surface area contributed by atoms with Gasteiger partial charge < -0.3 is 14.6 Å². The molecule has 1 aromatic heterocycles. The average Bonchev–Trinajstić information content (AvgIpc) is 3.04. The maximum Gasteiger partial charge on any atom is 0.226 e. The fraction of sp³-hybridized carbons (Fsp3) is 0.833. The van der Waals surface area contributed by atoms with Crippen molar-refractivity contribution >= 4 is 0 Å². The minimum atomic E-state index is 0.336. The van der Waals surface area contributed by atoms with E-state index in [0.717, 1.165) is 43.9 Å². The summed E-state index contributed by atoms with van der Waals surface area (Å²) >= 11 is 0. The second-order valence-electron chi connectivity index (χ2n) is 4.97. The summed E-state index contributed by atoms with van der Waals surface area (Å²) in [6, 6.07) is 0. The second-order valence-corrected chi connectivity index (χ2v) is 4.97. The van der Waals surface area contributed by atoms with E-state index in [1.54, 1.807) is 0 Å². The molecule has 0 radical (unpaired) electrons. The van der Waals surface area contributed by atoms with Gasteiger partial charge >= 0.3 is 0 Å². The highest BCUT2D eigenvalue weighted by molar-refractivity contribution is 5.06. The lowest BCUT2D eigenvalue weighted by molar-refractivity contribution is 0.0996. The van der Waals surface area contributed by atoms with Gasteiger partial charge in [0.15, 0.2) is 5.82 Å². The minimum Gasteiger partial charge on any atom is -0.374 e. The van der Waals surface area contributed by atoms with E-state index in [1.807, 2.05) is 7.05 Å². The number of hydrogen-bond acceptors (Lipinski definition) is 5. The van der Waals surface area contributed by atoms with Gasteiger partial charge in [-0.1, -0.05) is 5.16 Å². The molecule has 0 amide bonds. The van der Waals surface area contributed by atoms with Crippen molar-refractivity contribution in [3.63, 3.8) is 0 Å². The fourth-order valence-electron chi connectivity index (χ4n) is 2.85. The number of fused-ring (bicyclic) bond motifs is 2. The summed E-state index contributed by atoms with van der Waals surface area (Å²) in [4.78, 5) is 4.50. The number of aryl methyl sites for hydroxylation is 1. The normalized spacial score (nSPS) is 31.2. The molecule has 2 saturated heterocycles. The summed E-state index contributed by atoms with van der Waals surface area (Å²) < 4.78 is 11.1. The molecule has 3 unspecified atom stereocenters. The highest BCUT2D eigenvalue weighted by Gasteiger charge is 2.43. The monoisotopic (exact) mass is 237 g/mol. The highest BCUT2D eigenvalue weighted by Crippen LogP contribution is 2.43. The van der Waals surface area contributed by atoms with Crippen LogP contribution in [-0.2, 0) is 11.2 Å². The molecule has 94 valence electrons. The van der Waals surface area contributed by atoms with Crippen LogP contribution in [0.25, 0.3) is 0 Å². The lowest BCUT2D eigenvalue weighted by Crippen LogP contribution is -2.15. The predicted molar refractivity (Wildman–Crippen MR) is 61.8 cm³/mol. The molecule has 17 heavy (non-hydrogen) atoms. The van der Waals surface area contributed by atoms with Crippen LogP contribution in [0.5, 0.6) is 0 Å². The highest BCUT2D eigenvalue weighted by atomic mass is 16.5. The third kappa shape index (κ3) is 2.21. The van der Waals surface area contributed by atoms with Gasteiger partial charge in [-0.2, -0.15) is 4.98 Å². The van der Waals surface area contributed by atoms with Crippen LogP contribution >= 0.6 is 0 Å². The Morgan fingerprint density at radius 1 is 1.41 bits per heavy atom. The Balaban J connectivity index is 1.60. The van der Waals surface area contributed by atoms with Gasteiger partial charge in [-0.15, -0.1) is 0 Å². The van der Waals surface area contributed by atoms with Crippen LogP contribution in [0.15, 0.2) is 4.52 Å². The molecule has 5 heteroatoms. The third-order valence-corrected chi connectivity index (χ3v) is 3.74. The van der Waals surface area contributed by atoms with Crippen LogP contribution in [0.2, 0.25) is 0 Å². The second kappa shape index (κ2) is 4.74. The number of nitrogens with one attached hydrogen (secondary N) is 1. The Kier molecular flexibility index (Phi) is 3.11. The van der Waals surface area contributed by atoms with E-state index in [0.29, 0.717) is 18.1 Å². The van der Waals surface area contributed by atoms with Gasteiger partial charge in [0, 0.05) is 6.42 Å². The SMILES string of the molecule is CNCCCc1nc(C2CC3CCC2O3)no1. The zero-order valence-electron chi connectivity index (χ0n) is 10.2. The number of rotatable bonds is 5. The topological polar surface area (TPSA) is 60.2 Å². The van der Waals surface area contributed by atoms with Gasteiger partial charge in [-0.05, 0) is 39.3 Å². The zero-order valence-corrected chi connectivity index (χ0v) is 10.2. The van der Waals surface area contributed by atoms with Crippen molar-refractivity contribution in [2.24, 2.45) is 0 Å². The Hall–Kier alpha value is -0.940. The quantitative estimate of drug-likeness (QED) is 0.781. The first-order chi connectivity index (χ1) is 8.36. The van der Waals surface area contributed by atoms with Gasteiger partial charge in [0.25, 0.3) is 0 Å². The summed E-state index contributed by atoms with van der Waals surface area (Å²) in [6.45, 7) is 0.981. The first-order valence-electron chi connectivity index (χ1n) is 6.49. The molecule has 2 bridgehead atoms. The third-order valence-electron chi connectivity index (χ3n) is 3.74. The van der Waals surface area contributed by atoms with Gasteiger partial charge in [0.05, 0.1) is 18.1 Å². The summed E-state index contributed by atoms with van der Waals surface area (Å²) in [7, 11) is 1.95. The predicted octanol–water partition coefficient (Wildman–Crippen LogP) is 1.26.